The number of hydrogen-bond acceptors (Lipinski definition) is 2. The second-order valence-corrected chi connectivity index (χ2v) is 5.79. The van der Waals surface area contributed by atoms with Crippen LogP contribution < -0.4 is 5.32 Å². The zero-order valence-electron chi connectivity index (χ0n) is 11.5. The fourth-order valence-corrected chi connectivity index (χ4v) is 2.14. The van der Waals surface area contributed by atoms with Crippen molar-refractivity contribution < 1.29 is 0 Å². The second kappa shape index (κ2) is 7.78. The van der Waals surface area contributed by atoms with E-state index >= 15 is 0 Å². The van der Waals surface area contributed by atoms with Crippen LogP contribution in [0.15, 0.2) is 24.3 Å². The normalized spacial score (nSPS) is 14.6. The van der Waals surface area contributed by atoms with E-state index in [-0.39, 0.29) is 0 Å². The van der Waals surface area contributed by atoms with Crippen molar-refractivity contribution in [1.82, 2.24) is 5.32 Å². The molecule has 96 valence electrons. The lowest BCUT2D eigenvalue weighted by Crippen LogP contribution is -2.27. The summed E-state index contributed by atoms with van der Waals surface area (Å²) in [6, 6.07) is 9.53. The summed E-state index contributed by atoms with van der Waals surface area (Å²) in [5.74, 6) is 0. The smallest absolute Gasteiger partial charge is 0.0318 e. The molecule has 1 N–H and O–H groups in total. The van der Waals surface area contributed by atoms with Gasteiger partial charge in [-0.2, -0.15) is 11.8 Å². The minimum absolute atomic E-state index is 0.496. The van der Waals surface area contributed by atoms with E-state index in [4.69, 9.17) is 0 Å². The molecule has 1 aromatic carbocycles. The van der Waals surface area contributed by atoms with Crippen LogP contribution in [0.1, 0.15) is 44.4 Å². The fourth-order valence-electron chi connectivity index (χ4n) is 1.88. The van der Waals surface area contributed by atoms with Crippen LogP contribution >= 0.6 is 11.8 Å². The molecule has 17 heavy (non-hydrogen) atoms. The van der Waals surface area contributed by atoms with E-state index in [9.17, 15) is 0 Å². The Morgan fingerprint density at radius 1 is 1.18 bits per heavy atom. The molecule has 2 heteroatoms. The quantitative estimate of drug-likeness (QED) is 0.785. The third-order valence-electron chi connectivity index (χ3n) is 3.25. The fraction of sp³-hybridized carbons (Fsp3) is 0.600. The standard InChI is InChI=1S/C15H25NS/c1-5-13-7-9-14(10-8-13)15(6-2)16-11-12(3)17-4/h7-10,12,15-16H,5-6,11H2,1-4H3. The Bertz CT molecular complexity index is 307. The zero-order chi connectivity index (χ0) is 12.7. The lowest BCUT2D eigenvalue weighted by molar-refractivity contribution is 0.522. The summed E-state index contributed by atoms with van der Waals surface area (Å²) < 4.78 is 0. The Kier molecular flexibility index (Phi) is 6.68. The van der Waals surface area contributed by atoms with Gasteiger partial charge in [0.05, 0.1) is 0 Å². The lowest BCUT2D eigenvalue weighted by atomic mass is 10.0. The summed E-state index contributed by atoms with van der Waals surface area (Å²) in [6.07, 6.45) is 4.43. The van der Waals surface area contributed by atoms with E-state index in [1.807, 2.05) is 11.8 Å². The van der Waals surface area contributed by atoms with Crippen LogP contribution in [0.3, 0.4) is 0 Å². The highest BCUT2D eigenvalue weighted by molar-refractivity contribution is 7.99. The van der Waals surface area contributed by atoms with Crippen LogP contribution in [0.25, 0.3) is 0 Å². The van der Waals surface area contributed by atoms with E-state index < -0.39 is 0 Å². The van der Waals surface area contributed by atoms with Gasteiger partial charge in [0.25, 0.3) is 0 Å². The van der Waals surface area contributed by atoms with Gasteiger partial charge in [-0.25, -0.2) is 0 Å². The maximum Gasteiger partial charge on any atom is 0.0318 e. The van der Waals surface area contributed by atoms with Crippen molar-refractivity contribution in [2.75, 3.05) is 12.8 Å². The molecule has 0 aliphatic carbocycles. The van der Waals surface area contributed by atoms with Crippen molar-refractivity contribution in [2.45, 2.75) is 44.9 Å². The molecule has 1 rings (SSSR count). The molecule has 0 saturated carbocycles. The van der Waals surface area contributed by atoms with Gasteiger partial charge in [0.15, 0.2) is 0 Å². The average molecular weight is 251 g/mol. The highest BCUT2D eigenvalue weighted by Gasteiger charge is 2.09. The third kappa shape index (κ3) is 4.72. The van der Waals surface area contributed by atoms with Gasteiger partial charge in [-0.1, -0.05) is 45.0 Å². The average Bonchev–Trinajstić information content (AvgIpc) is 2.39. The first-order chi connectivity index (χ1) is 8.21. The molecule has 0 aromatic heterocycles. The first kappa shape index (κ1) is 14.6. The van der Waals surface area contributed by atoms with Crippen LogP contribution in [-0.2, 0) is 6.42 Å². The summed E-state index contributed by atoms with van der Waals surface area (Å²) in [4.78, 5) is 0. The van der Waals surface area contributed by atoms with Crippen molar-refractivity contribution in [3.63, 3.8) is 0 Å². The monoisotopic (exact) mass is 251 g/mol. The van der Waals surface area contributed by atoms with E-state index in [1.165, 1.54) is 11.1 Å². The van der Waals surface area contributed by atoms with Gasteiger partial charge >= 0.3 is 0 Å². The molecule has 0 radical (unpaired) electrons. The zero-order valence-corrected chi connectivity index (χ0v) is 12.3. The Hall–Kier alpha value is -0.470. The van der Waals surface area contributed by atoms with Crippen LogP contribution in [0.2, 0.25) is 0 Å². The number of thioether (sulfide) groups is 1. The summed E-state index contributed by atoms with van der Waals surface area (Å²) in [6.45, 7) is 7.79. The molecule has 0 aliphatic heterocycles. The van der Waals surface area contributed by atoms with E-state index in [1.54, 1.807) is 0 Å². The summed E-state index contributed by atoms with van der Waals surface area (Å²) in [5, 5.41) is 4.33. The molecule has 2 unspecified atom stereocenters. The molecule has 0 fully saturated rings. The molecule has 0 heterocycles. The van der Waals surface area contributed by atoms with Gasteiger partial charge < -0.3 is 5.32 Å². The van der Waals surface area contributed by atoms with Crippen LogP contribution in [0.5, 0.6) is 0 Å². The Balaban J connectivity index is 2.59. The van der Waals surface area contributed by atoms with Crippen molar-refractivity contribution in [1.29, 1.82) is 0 Å². The minimum atomic E-state index is 0.496. The van der Waals surface area contributed by atoms with Crippen LogP contribution in [0, 0.1) is 0 Å². The van der Waals surface area contributed by atoms with Gasteiger partial charge in [-0.15, -0.1) is 0 Å². The van der Waals surface area contributed by atoms with E-state index in [0.717, 1.165) is 19.4 Å². The predicted octanol–water partition coefficient (Wildman–Crippen LogP) is 4.04. The molecule has 0 bridgehead atoms. The number of nitrogens with one attached hydrogen (secondary N) is 1. The lowest BCUT2D eigenvalue weighted by Gasteiger charge is -2.20. The Morgan fingerprint density at radius 3 is 2.29 bits per heavy atom. The van der Waals surface area contributed by atoms with Crippen molar-refractivity contribution >= 4 is 11.8 Å². The molecule has 0 saturated heterocycles. The second-order valence-electron chi connectivity index (χ2n) is 4.51. The molecule has 2 atom stereocenters. The largest absolute Gasteiger partial charge is 0.309 e. The summed E-state index contributed by atoms with van der Waals surface area (Å²) in [7, 11) is 0. The van der Waals surface area contributed by atoms with Gasteiger partial charge in [0.1, 0.15) is 0 Å². The number of benzene rings is 1. The van der Waals surface area contributed by atoms with Crippen molar-refractivity contribution in [3.05, 3.63) is 35.4 Å². The summed E-state index contributed by atoms with van der Waals surface area (Å²) in [5.41, 5.74) is 2.83. The Labute approximate surface area is 110 Å². The predicted molar refractivity (Wildman–Crippen MR) is 79.8 cm³/mol. The first-order valence-corrected chi connectivity index (χ1v) is 7.85. The highest BCUT2D eigenvalue weighted by atomic mass is 32.2. The molecule has 0 aliphatic rings. The maximum atomic E-state index is 3.65. The Morgan fingerprint density at radius 2 is 1.82 bits per heavy atom. The number of aryl methyl sites for hydroxylation is 1. The number of hydrogen-bond donors (Lipinski definition) is 1. The molecule has 0 amide bonds. The molecular formula is C15H25NS. The van der Waals surface area contributed by atoms with Gasteiger partial charge in [-0.05, 0) is 30.2 Å². The third-order valence-corrected chi connectivity index (χ3v) is 4.22. The van der Waals surface area contributed by atoms with Gasteiger partial charge in [0, 0.05) is 17.8 Å². The highest BCUT2D eigenvalue weighted by Crippen LogP contribution is 2.18. The van der Waals surface area contributed by atoms with Crippen LogP contribution in [0.4, 0.5) is 0 Å². The van der Waals surface area contributed by atoms with E-state index in [2.05, 4.69) is 56.6 Å². The molecule has 1 nitrogen and oxygen atoms in total. The maximum absolute atomic E-state index is 3.65. The topological polar surface area (TPSA) is 12.0 Å². The number of rotatable bonds is 7. The van der Waals surface area contributed by atoms with E-state index in [0.29, 0.717) is 11.3 Å². The van der Waals surface area contributed by atoms with Gasteiger partial charge in [-0.3, -0.25) is 0 Å². The SMILES string of the molecule is CCc1ccc(C(CC)NCC(C)SC)cc1. The molecular weight excluding hydrogens is 226 g/mol. The van der Waals surface area contributed by atoms with Gasteiger partial charge in [0.2, 0.25) is 0 Å². The van der Waals surface area contributed by atoms with Crippen LogP contribution in [-0.4, -0.2) is 18.1 Å². The molecule has 1 aromatic rings. The first-order valence-electron chi connectivity index (χ1n) is 6.56. The van der Waals surface area contributed by atoms with Crippen molar-refractivity contribution in [2.24, 2.45) is 0 Å². The minimum Gasteiger partial charge on any atom is -0.309 e. The molecule has 0 spiro atoms. The summed E-state index contributed by atoms with van der Waals surface area (Å²) >= 11 is 1.92. The van der Waals surface area contributed by atoms with Crippen molar-refractivity contribution in [3.8, 4) is 0 Å².